The highest BCUT2D eigenvalue weighted by Crippen LogP contribution is 2.33. The number of fused-ring (bicyclic) bond motifs is 1. The van der Waals surface area contributed by atoms with Crippen molar-refractivity contribution in [3.05, 3.63) is 70.9 Å². The fourth-order valence-electron chi connectivity index (χ4n) is 3.64. The van der Waals surface area contributed by atoms with Crippen LogP contribution in [0.25, 0.3) is 22.3 Å². The second-order valence-corrected chi connectivity index (χ2v) is 7.86. The normalized spacial score (nSPS) is 11.0. The number of pyridine rings is 2. The van der Waals surface area contributed by atoms with Crippen LogP contribution < -0.4 is 4.74 Å². The number of ether oxygens (including phenoxy) is 2. The van der Waals surface area contributed by atoms with Crippen molar-refractivity contribution in [2.24, 2.45) is 7.05 Å². The number of nitrogens with zero attached hydrogens (tertiary/aromatic N) is 4. The summed E-state index contributed by atoms with van der Waals surface area (Å²) in [5, 5.41) is 1.44. The minimum Gasteiger partial charge on any atom is -0.487 e. The molecule has 0 N–H and O–H groups in total. The lowest BCUT2D eigenvalue weighted by Gasteiger charge is -2.15. The molecule has 0 aliphatic heterocycles. The molecule has 0 atom stereocenters. The average Bonchev–Trinajstić information content (AvgIpc) is 3.22. The fourth-order valence-corrected chi connectivity index (χ4v) is 3.88. The number of hydrogen-bond donors (Lipinski definition) is 0. The summed E-state index contributed by atoms with van der Waals surface area (Å²) >= 11 is 6.41. The zero-order valence-electron chi connectivity index (χ0n) is 18.1. The first-order valence-corrected chi connectivity index (χ1v) is 10.5. The van der Waals surface area contributed by atoms with E-state index < -0.39 is 0 Å². The molecule has 3 heterocycles. The molecule has 0 aliphatic rings. The molecule has 0 bridgehead atoms. The molecule has 4 aromatic rings. The molecule has 7 nitrogen and oxygen atoms in total. The van der Waals surface area contributed by atoms with Gasteiger partial charge >= 0.3 is 5.97 Å². The van der Waals surface area contributed by atoms with Gasteiger partial charge in [0.1, 0.15) is 23.7 Å². The van der Waals surface area contributed by atoms with Crippen molar-refractivity contribution in [1.82, 2.24) is 19.5 Å². The topological polar surface area (TPSA) is 79.1 Å². The van der Waals surface area contributed by atoms with Crippen molar-refractivity contribution in [2.45, 2.75) is 26.4 Å². The molecule has 164 valence electrons. The van der Waals surface area contributed by atoms with Crippen molar-refractivity contribution < 1.29 is 14.3 Å². The molecule has 0 aliphatic carbocycles. The third-order valence-electron chi connectivity index (χ3n) is 5.28. The Morgan fingerprint density at radius 2 is 2.09 bits per heavy atom. The molecular weight excluding hydrogens is 428 g/mol. The number of esters is 1. The number of rotatable bonds is 7. The van der Waals surface area contributed by atoms with E-state index in [4.69, 9.17) is 26.1 Å². The van der Waals surface area contributed by atoms with Crippen LogP contribution in [-0.2, 0) is 29.6 Å². The zero-order chi connectivity index (χ0) is 22.7. The lowest BCUT2D eigenvalue weighted by atomic mass is 10.1. The largest absolute Gasteiger partial charge is 0.487 e. The first kappa shape index (κ1) is 21.8. The Labute approximate surface area is 191 Å². The quantitative estimate of drug-likeness (QED) is 0.380. The second kappa shape index (κ2) is 9.36. The molecular formula is C24H23ClN4O3. The van der Waals surface area contributed by atoms with Crippen LogP contribution >= 0.6 is 11.6 Å². The number of aromatic nitrogens is 4. The highest BCUT2D eigenvalue weighted by atomic mass is 35.5. The van der Waals surface area contributed by atoms with Gasteiger partial charge in [-0.05, 0) is 31.0 Å². The number of halogens is 1. The molecule has 0 saturated carbocycles. The summed E-state index contributed by atoms with van der Waals surface area (Å²) in [5.74, 6) is 1.22. The average molecular weight is 451 g/mol. The Hall–Kier alpha value is -3.45. The first-order chi connectivity index (χ1) is 15.5. The third kappa shape index (κ3) is 4.43. The number of benzene rings is 1. The SMILES string of the molecule is COC(=O)CCc1cncc(Cl)c1COc1cccc2c(-c3nccn3C)cc(C)nc12. The molecule has 8 heteroatoms. The Morgan fingerprint density at radius 3 is 2.84 bits per heavy atom. The van der Waals surface area contributed by atoms with Crippen molar-refractivity contribution in [2.75, 3.05) is 7.11 Å². The second-order valence-electron chi connectivity index (χ2n) is 7.45. The number of methoxy groups -OCH3 is 1. The predicted molar refractivity (Wildman–Crippen MR) is 123 cm³/mol. The van der Waals surface area contributed by atoms with Crippen molar-refractivity contribution >= 4 is 28.5 Å². The fraction of sp³-hybridized carbons (Fsp3) is 0.250. The van der Waals surface area contributed by atoms with Crippen LogP contribution in [0.15, 0.2) is 49.1 Å². The van der Waals surface area contributed by atoms with Gasteiger partial charge in [-0.15, -0.1) is 0 Å². The van der Waals surface area contributed by atoms with Crippen LogP contribution in [-0.4, -0.2) is 32.6 Å². The van der Waals surface area contributed by atoms with E-state index in [1.807, 2.05) is 49.0 Å². The highest BCUT2D eigenvalue weighted by molar-refractivity contribution is 6.31. The molecule has 4 rings (SSSR count). The van der Waals surface area contributed by atoms with Crippen molar-refractivity contribution in [3.8, 4) is 17.1 Å². The Bertz CT molecular complexity index is 1290. The summed E-state index contributed by atoms with van der Waals surface area (Å²) in [6.07, 6.45) is 7.69. The Balaban J connectivity index is 1.68. The summed E-state index contributed by atoms with van der Waals surface area (Å²) in [5.41, 5.74) is 4.26. The minimum atomic E-state index is -0.285. The van der Waals surface area contributed by atoms with E-state index in [2.05, 4.69) is 9.97 Å². The van der Waals surface area contributed by atoms with Gasteiger partial charge in [0.2, 0.25) is 0 Å². The van der Waals surface area contributed by atoms with E-state index in [9.17, 15) is 4.79 Å². The predicted octanol–water partition coefficient (Wildman–Crippen LogP) is 4.68. The number of hydrogen-bond acceptors (Lipinski definition) is 6. The number of imidazole rings is 1. The molecule has 0 amide bonds. The standard InChI is InChI=1S/C24H23ClN4O3/c1-15-11-18(24-27-9-10-29(24)2)17-5-4-6-21(23(17)28-15)32-14-19-16(7-8-22(30)31-3)12-26-13-20(19)25/h4-6,9-13H,7-8,14H2,1-3H3. The highest BCUT2D eigenvalue weighted by Gasteiger charge is 2.15. The summed E-state index contributed by atoms with van der Waals surface area (Å²) in [7, 11) is 3.34. The molecule has 32 heavy (non-hydrogen) atoms. The molecule has 1 aromatic carbocycles. The third-order valence-corrected chi connectivity index (χ3v) is 5.61. The minimum absolute atomic E-state index is 0.227. The van der Waals surface area contributed by atoms with E-state index in [1.165, 1.54) is 7.11 Å². The Kier molecular flexibility index (Phi) is 6.37. The molecule has 0 spiro atoms. The van der Waals surface area contributed by atoms with Gasteiger partial charge in [0, 0.05) is 60.5 Å². The summed E-state index contributed by atoms with van der Waals surface area (Å²) in [6.45, 7) is 2.18. The van der Waals surface area contributed by atoms with Crippen LogP contribution in [0.5, 0.6) is 5.75 Å². The number of para-hydroxylation sites is 1. The van der Waals surface area contributed by atoms with E-state index in [-0.39, 0.29) is 19.0 Å². The maximum absolute atomic E-state index is 11.6. The summed E-state index contributed by atoms with van der Waals surface area (Å²) in [6, 6.07) is 7.87. The number of aryl methyl sites for hydroxylation is 3. The molecule has 0 saturated heterocycles. The van der Waals surface area contributed by atoms with Gasteiger partial charge in [-0.1, -0.05) is 23.7 Å². The lowest BCUT2D eigenvalue weighted by Crippen LogP contribution is -2.07. The van der Waals surface area contributed by atoms with E-state index in [0.29, 0.717) is 17.2 Å². The van der Waals surface area contributed by atoms with Crippen LogP contribution in [0, 0.1) is 6.92 Å². The summed E-state index contributed by atoms with van der Waals surface area (Å²) in [4.78, 5) is 25.0. The van der Waals surface area contributed by atoms with Gasteiger partial charge in [-0.3, -0.25) is 9.78 Å². The maximum atomic E-state index is 11.6. The zero-order valence-corrected chi connectivity index (χ0v) is 18.9. The maximum Gasteiger partial charge on any atom is 0.305 e. The van der Waals surface area contributed by atoms with Gasteiger partial charge in [-0.25, -0.2) is 9.97 Å². The van der Waals surface area contributed by atoms with Gasteiger partial charge in [0.15, 0.2) is 0 Å². The summed E-state index contributed by atoms with van der Waals surface area (Å²) < 4.78 is 12.9. The van der Waals surface area contributed by atoms with Crippen LogP contribution in [0.3, 0.4) is 0 Å². The number of carbonyl (C=O) groups is 1. The van der Waals surface area contributed by atoms with E-state index in [0.717, 1.165) is 39.1 Å². The van der Waals surface area contributed by atoms with Gasteiger partial charge < -0.3 is 14.0 Å². The molecule has 3 aromatic heterocycles. The Morgan fingerprint density at radius 1 is 1.25 bits per heavy atom. The van der Waals surface area contributed by atoms with Gasteiger partial charge in [0.05, 0.1) is 12.1 Å². The monoisotopic (exact) mass is 450 g/mol. The number of carbonyl (C=O) groups excluding carboxylic acids is 1. The van der Waals surface area contributed by atoms with Crippen molar-refractivity contribution in [3.63, 3.8) is 0 Å². The molecule has 0 fully saturated rings. The lowest BCUT2D eigenvalue weighted by molar-refractivity contribution is -0.140. The van der Waals surface area contributed by atoms with Crippen LogP contribution in [0.4, 0.5) is 0 Å². The van der Waals surface area contributed by atoms with Crippen LogP contribution in [0.2, 0.25) is 5.02 Å². The van der Waals surface area contributed by atoms with Gasteiger partial charge in [-0.2, -0.15) is 0 Å². The van der Waals surface area contributed by atoms with E-state index >= 15 is 0 Å². The molecule has 0 unspecified atom stereocenters. The van der Waals surface area contributed by atoms with Crippen LogP contribution in [0.1, 0.15) is 23.2 Å². The van der Waals surface area contributed by atoms with Gasteiger partial charge in [0.25, 0.3) is 0 Å². The molecule has 0 radical (unpaired) electrons. The van der Waals surface area contributed by atoms with E-state index in [1.54, 1.807) is 18.6 Å². The smallest absolute Gasteiger partial charge is 0.305 e. The van der Waals surface area contributed by atoms with Crippen molar-refractivity contribution in [1.29, 1.82) is 0 Å². The first-order valence-electron chi connectivity index (χ1n) is 10.2.